The van der Waals surface area contributed by atoms with E-state index in [-0.39, 0.29) is 0 Å². The van der Waals surface area contributed by atoms with Crippen LogP contribution in [0.3, 0.4) is 0 Å². The average Bonchev–Trinajstić information content (AvgIpc) is 2.76. The topological polar surface area (TPSA) is 30.5 Å². The molecule has 0 heterocycles. The van der Waals surface area contributed by atoms with Crippen molar-refractivity contribution in [2.75, 3.05) is 33.5 Å². The largest absolute Gasteiger partial charge is 0.382 e. The molecule has 1 rings (SSSR count). The van der Waals surface area contributed by atoms with E-state index in [4.69, 9.17) is 9.47 Å². The van der Waals surface area contributed by atoms with Crippen molar-refractivity contribution in [3.05, 3.63) is 0 Å². The first-order chi connectivity index (χ1) is 7.34. The highest BCUT2D eigenvalue weighted by molar-refractivity contribution is 4.76. The van der Waals surface area contributed by atoms with Crippen LogP contribution < -0.4 is 5.32 Å². The summed E-state index contributed by atoms with van der Waals surface area (Å²) in [4.78, 5) is 0. The quantitative estimate of drug-likeness (QED) is 0.626. The number of ether oxygens (including phenoxy) is 2. The lowest BCUT2D eigenvalue weighted by Crippen LogP contribution is -2.34. The third-order valence-corrected chi connectivity index (χ3v) is 3.25. The Hall–Kier alpha value is -0.120. The number of nitrogens with one attached hydrogen (secondary N) is 1. The lowest BCUT2D eigenvalue weighted by Gasteiger charge is -2.20. The minimum Gasteiger partial charge on any atom is -0.382 e. The van der Waals surface area contributed by atoms with Gasteiger partial charge in [0, 0.05) is 19.7 Å². The van der Waals surface area contributed by atoms with Gasteiger partial charge in [-0.25, -0.2) is 0 Å². The Labute approximate surface area is 93.5 Å². The summed E-state index contributed by atoms with van der Waals surface area (Å²) in [5.41, 5.74) is 0. The molecule has 0 amide bonds. The molecule has 0 saturated heterocycles. The summed E-state index contributed by atoms with van der Waals surface area (Å²) in [6, 6.07) is 0.651. The Morgan fingerprint density at radius 3 is 2.60 bits per heavy atom. The normalized spacial score (nSPS) is 19.6. The molecular weight excluding hydrogens is 190 g/mol. The third kappa shape index (κ3) is 5.50. The molecule has 0 aromatic carbocycles. The van der Waals surface area contributed by atoms with Gasteiger partial charge in [-0.05, 0) is 25.7 Å². The van der Waals surface area contributed by atoms with Crippen LogP contribution in [0.2, 0.25) is 0 Å². The molecule has 15 heavy (non-hydrogen) atoms. The lowest BCUT2D eigenvalue weighted by molar-refractivity contribution is 0.0705. The summed E-state index contributed by atoms with van der Waals surface area (Å²) >= 11 is 0. The highest BCUT2D eigenvalue weighted by atomic mass is 16.5. The lowest BCUT2D eigenvalue weighted by atomic mass is 10.00. The fourth-order valence-electron chi connectivity index (χ4n) is 2.23. The molecule has 90 valence electrons. The van der Waals surface area contributed by atoms with Gasteiger partial charge in [0.2, 0.25) is 0 Å². The molecule has 1 aliphatic rings. The van der Waals surface area contributed by atoms with Gasteiger partial charge in [0.25, 0.3) is 0 Å². The Morgan fingerprint density at radius 1 is 1.20 bits per heavy atom. The van der Waals surface area contributed by atoms with Crippen molar-refractivity contribution in [2.24, 2.45) is 5.92 Å². The van der Waals surface area contributed by atoms with E-state index in [1.807, 2.05) is 0 Å². The van der Waals surface area contributed by atoms with E-state index in [1.165, 1.54) is 25.7 Å². The summed E-state index contributed by atoms with van der Waals surface area (Å²) in [7, 11) is 1.70. The van der Waals surface area contributed by atoms with Crippen molar-refractivity contribution in [3.63, 3.8) is 0 Å². The summed E-state index contributed by atoms with van der Waals surface area (Å²) in [5.74, 6) is 0.893. The molecule has 1 atom stereocenters. The molecule has 0 radical (unpaired) electrons. The number of hydrogen-bond donors (Lipinski definition) is 1. The first-order valence-electron chi connectivity index (χ1n) is 6.14. The van der Waals surface area contributed by atoms with Crippen LogP contribution in [0.25, 0.3) is 0 Å². The molecule has 1 N–H and O–H groups in total. The molecule has 0 aromatic heterocycles. The van der Waals surface area contributed by atoms with Crippen LogP contribution in [-0.4, -0.2) is 39.5 Å². The van der Waals surface area contributed by atoms with Gasteiger partial charge in [-0.3, -0.25) is 0 Å². The van der Waals surface area contributed by atoms with Gasteiger partial charge >= 0.3 is 0 Å². The van der Waals surface area contributed by atoms with Gasteiger partial charge < -0.3 is 14.8 Å². The second-order valence-electron chi connectivity index (χ2n) is 4.39. The first kappa shape index (κ1) is 12.9. The molecule has 1 saturated carbocycles. The predicted octanol–water partition coefficient (Wildman–Crippen LogP) is 1.82. The van der Waals surface area contributed by atoms with Crippen LogP contribution in [0.4, 0.5) is 0 Å². The van der Waals surface area contributed by atoms with Gasteiger partial charge in [-0.15, -0.1) is 0 Å². The summed E-state index contributed by atoms with van der Waals surface area (Å²) < 4.78 is 10.3. The standard InChI is InChI=1S/C12H25NO2/c1-11(12-5-3-4-6-12)13-7-8-15-10-9-14-2/h11-13H,3-10H2,1-2H3/t11-/m1/s1. The molecule has 1 aliphatic carbocycles. The molecule has 1 fully saturated rings. The van der Waals surface area contributed by atoms with Crippen LogP contribution >= 0.6 is 0 Å². The van der Waals surface area contributed by atoms with Crippen molar-refractivity contribution in [1.29, 1.82) is 0 Å². The first-order valence-corrected chi connectivity index (χ1v) is 6.14. The van der Waals surface area contributed by atoms with E-state index in [1.54, 1.807) is 7.11 Å². The van der Waals surface area contributed by atoms with Crippen LogP contribution in [0.5, 0.6) is 0 Å². The van der Waals surface area contributed by atoms with Crippen molar-refractivity contribution in [1.82, 2.24) is 5.32 Å². The monoisotopic (exact) mass is 215 g/mol. The van der Waals surface area contributed by atoms with Gasteiger partial charge in [-0.1, -0.05) is 12.8 Å². The molecular formula is C12H25NO2. The second-order valence-corrected chi connectivity index (χ2v) is 4.39. The SMILES string of the molecule is COCCOCCN[C@H](C)C1CCCC1. The highest BCUT2D eigenvalue weighted by Crippen LogP contribution is 2.27. The van der Waals surface area contributed by atoms with E-state index in [0.29, 0.717) is 19.3 Å². The average molecular weight is 215 g/mol. The van der Waals surface area contributed by atoms with E-state index in [0.717, 1.165) is 19.1 Å². The summed E-state index contributed by atoms with van der Waals surface area (Å²) in [6.07, 6.45) is 5.64. The zero-order valence-corrected chi connectivity index (χ0v) is 10.1. The van der Waals surface area contributed by atoms with Gasteiger partial charge in [-0.2, -0.15) is 0 Å². The summed E-state index contributed by atoms with van der Waals surface area (Å²) in [5, 5.41) is 3.54. The fraction of sp³-hybridized carbons (Fsp3) is 1.00. The zero-order valence-electron chi connectivity index (χ0n) is 10.1. The highest BCUT2D eigenvalue weighted by Gasteiger charge is 2.20. The van der Waals surface area contributed by atoms with Crippen LogP contribution in [0.1, 0.15) is 32.6 Å². The van der Waals surface area contributed by atoms with Crippen molar-refractivity contribution >= 4 is 0 Å². The third-order valence-electron chi connectivity index (χ3n) is 3.25. The van der Waals surface area contributed by atoms with Gasteiger partial charge in [0.05, 0.1) is 19.8 Å². The summed E-state index contributed by atoms with van der Waals surface area (Å²) in [6.45, 7) is 5.45. The maximum Gasteiger partial charge on any atom is 0.0700 e. The molecule has 0 spiro atoms. The molecule has 0 aliphatic heterocycles. The molecule has 0 aromatic rings. The van der Waals surface area contributed by atoms with Crippen LogP contribution in [0, 0.1) is 5.92 Å². The smallest absolute Gasteiger partial charge is 0.0700 e. The van der Waals surface area contributed by atoms with E-state index in [9.17, 15) is 0 Å². The van der Waals surface area contributed by atoms with Gasteiger partial charge in [0.1, 0.15) is 0 Å². The van der Waals surface area contributed by atoms with Gasteiger partial charge in [0.15, 0.2) is 0 Å². The number of methoxy groups -OCH3 is 1. The van der Waals surface area contributed by atoms with E-state index in [2.05, 4.69) is 12.2 Å². The number of rotatable bonds is 8. The Balaban J connectivity index is 1.90. The van der Waals surface area contributed by atoms with Crippen molar-refractivity contribution in [3.8, 4) is 0 Å². The minimum absolute atomic E-state index is 0.651. The minimum atomic E-state index is 0.651. The van der Waals surface area contributed by atoms with Crippen molar-refractivity contribution in [2.45, 2.75) is 38.6 Å². The maximum atomic E-state index is 5.40. The number of hydrogen-bond acceptors (Lipinski definition) is 3. The predicted molar refractivity (Wildman–Crippen MR) is 62.1 cm³/mol. The zero-order chi connectivity index (χ0) is 10.9. The Morgan fingerprint density at radius 2 is 1.93 bits per heavy atom. The van der Waals surface area contributed by atoms with E-state index < -0.39 is 0 Å². The van der Waals surface area contributed by atoms with Crippen LogP contribution in [0.15, 0.2) is 0 Å². The molecule has 3 heteroatoms. The second kappa shape index (κ2) is 8.08. The Kier molecular flexibility index (Phi) is 6.98. The van der Waals surface area contributed by atoms with Crippen LogP contribution in [-0.2, 0) is 9.47 Å². The van der Waals surface area contributed by atoms with Crippen molar-refractivity contribution < 1.29 is 9.47 Å². The molecule has 3 nitrogen and oxygen atoms in total. The maximum absolute atomic E-state index is 5.40. The molecule has 0 bridgehead atoms. The molecule has 0 unspecified atom stereocenters. The van der Waals surface area contributed by atoms with E-state index >= 15 is 0 Å². The Bertz CT molecular complexity index is 147. The fourth-order valence-corrected chi connectivity index (χ4v) is 2.23.